The lowest BCUT2D eigenvalue weighted by molar-refractivity contribution is -0.151. The molecule has 1 aliphatic heterocycles. The van der Waals surface area contributed by atoms with E-state index in [1.807, 2.05) is 19.1 Å². The van der Waals surface area contributed by atoms with Gasteiger partial charge in [0.25, 0.3) is 5.91 Å². The Balaban J connectivity index is 1.50. The molecular weight excluding hydrogens is 440 g/mol. The van der Waals surface area contributed by atoms with Crippen molar-refractivity contribution in [2.24, 2.45) is 0 Å². The molecule has 0 saturated carbocycles. The van der Waals surface area contributed by atoms with E-state index in [1.165, 1.54) is 16.4 Å². The van der Waals surface area contributed by atoms with Crippen molar-refractivity contribution in [1.82, 2.24) is 9.62 Å². The normalized spacial score (nSPS) is 16.8. The summed E-state index contributed by atoms with van der Waals surface area (Å²) in [6, 6.07) is 12.9. The van der Waals surface area contributed by atoms with Gasteiger partial charge in [0.05, 0.1) is 4.90 Å². The fourth-order valence-corrected chi connectivity index (χ4v) is 5.16. The van der Waals surface area contributed by atoms with E-state index in [0.717, 1.165) is 11.1 Å². The number of halogens is 1. The Bertz CT molecular complexity index is 1020. The number of nitrogens with one attached hydrogen (secondary N) is 1. The molecule has 2 aromatic rings. The predicted molar refractivity (Wildman–Crippen MR) is 117 cm³/mol. The summed E-state index contributed by atoms with van der Waals surface area (Å²) in [5.41, 5.74) is 1.96. The van der Waals surface area contributed by atoms with Gasteiger partial charge >= 0.3 is 5.97 Å². The van der Waals surface area contributed by atoms with Crippen LogP contribution in [-0.2, 0) is 30.8 Å². The van der Waals surface area contributed by atoms with E-state index in [-0.39, 0.29) is 11.4 Å². The lowest BCUT2D eigenvalue weighted by atomic mass is 10.1. The van der Waals surface area contributed by atoms with Crippen LogP contribution >= 0.6 is 11.6 Å². The zero-order valence-electron chi connectivity index (χ0n) is 17.2. The van der Waals surface area contributed by atoms with Crippen LogP contribution in [0.15, 0.2) is 53.4 Å². The van der Waals surface area contributed by atoms with Crippen LogP contribution in [0.3, 0.4) is 0 Å². The minimum Gasteiger partial charge on any atom is -0.454 e. The molecule has 0 spiro atoms. The molecule has 3 rings (SSSR count). The van der Waals surface area contributed by atoms with E-state index >= 15 is 0 Å². The van der Waals surface area contributed by atoms with Crippen LogP contribution in [0.5, 0.6) is 0 Å². The summed E-state index contributed by atoms with van der Waals surface area (Å²) in [5, 5.41) is 3.33. The molecule has 7 nitrogen and oxygen atoms in total. The standard InChI is InChI=1S/C22H25ClN2O5S/c1-16-4-10-19(11-5-16)31(28,29)25-14-2-3-20(25)22(27)30-15-21(26)24-13-12-17-6-8-18(23)9-7-17/h4-11,20H,2-3,12-15H2,1H3,(H,24,26). The molecule has 0 radical (unpaired) electrons. The molecule has 0 aromatic heterocycles. The molecule has 1 fully saturated rings. The first-order valence-electron chi connectivity index (χ1n) is 10.0. The first-order chi connectivity index (χ1) is 14.8. The Morgan fingerprint density at radius 1 is 1.13 bits per heavy atom. The number of carbonyl (C=O) groups is 2. The number of hydrogen-bond acceptors (Lipinski definition) is 5. The van der Waals surface area contributed by atoms with Crippen LogP contribution in [0.1, 0.15) is 24.0 Å². The van der Waals surface area contributed by atoms with Gasteiger partial charge in [-0.3, -0.25) is 9.59 Å². The highest BCUT2D eigenvalue weighted by molar-refractivity contribution is 7.89. The van der Waals surface area contributed by atoms with Crippen molar-refractivity contribution in [2.45, 2.75) is 37.1 Å². The van der Waals surface area contributed by atoms with Gasteiger partial charge in [0.2, 0.25) is 10.0 Å². The SMILES string of the molecule is Cc1ccc(S(=O)(=O)N2CCCC2C(=O)OCC(=O)NCCc2ccc(Cl)cc2)cc1. The number of aryl methyl sites for hydroxylation is 1. The lowest BCUT2D eigenvalue weighted by Gasteiger charge is -2.22. The quantitative estimate of drug-likeness (QED) is 0.606. The van der Waals surface area contributed by atoms with Crippen molar-refractivity contribution < 1.29 is 22.7 Å². The zero-order chi connectivity index (χ0) is 22.4. The van der Waals surface area contributed by atoms with Crippen LogP contribution < -0.4 is 5.32 Å². The summed E-state index contributed by atoms with van der Waals surface area (Å²) < 4.78 is 32.1. The fourth-order valence-electron chi connectivity index (χ4n) is 3.39. The number of esters is 1. The number of benzene rings is 2. The first kappa shape index (κ1) is 23.2. The maximum absolute atomic E-state index is 12.9. The highest BCUT2D eigenvalue weighted by atomic mass is 35.5. The second-order valence-corrected chi connectivity index (χ2v) is 9.75. The Kier molecular flexibility index (Phi) is 7.69. The van der Waals surface area contributed by atoms with E-state index in [4.69, 9.17) is 16.3 Å². The number of sulfonamides is 1. The van der Waals surface area contributed by atoms with Gasteiger partial charge in [0, 0.05) is 18.1 Å². The van der Waals surface area contributed by atoms with Gasteiger partial charge in [-0.25, -0.2) is 8.42 Å². The third kappa shape index (κ3) is 6.06. The first-order valence-corrected chi connectivity index (χ1v) is 11.9. The van der Waals surface area contributed by atoms with Gasteiger partial charge in [-0.2, -0.15) is 4.31 Å². The number of carbonyl (C=O) groups excluding carboxylic acids is 2. The monoisotopic (exact) mass is 464 g/mol. The number of ether oxygens (including phenoxy) is 1. The molecule has 1 unspecified atom stereocenters. The summed E-state index contributed by atoms with van der Waals surface area (Å²) in [6.45, 7) is 2.04. The molecule has 1 aliphatic rings. The van der Waals surface area contributed by atoms with Gasteiger partial charge in [-0.05, 0) is 56.0 Å². The minimum absolute atomic E-state index is 0.137. The van der Waals surface area contributed by atoms with Crippen LogP contribution in [0.2, 0.25) is 5.02 Å². The largest absolute Gasteiger partial charge is 0.454 e. The van der Waals surface area contributed by atoms with Crippen molar-refractivity contribution in [3.63, 3.8) is 0 Å². The number of amides is 1. The van der Waals surface area contributed by atoms with Crippen molar-refractivity contribution in [2.75, 3.05) is 19.7 Å². The average Bonchev–Trinajstić information content (AvgIpc) is 3.25. The summed E-state index contributed by atoms with van der Waals surface area (Å²) in [7, 11) is -3.81. The molecule has 0 aliphatic carbocycles. The number of hydrogen-bond donors (Lipinski definition) is 1. The highest BCUT2D eigenvalue weighted by Crippen LogP contribution is 2.27. The highest BCUT2D eigenvalue weighted by Gasteiger charge is 2.40. The van der Waals surface area contributed by atoms with E-state index in [0.29, 0.717) is 30.8 Å². The Morgan fingerprint density at radius 2 is 1.81 bits per heavy atom. The molecule has 1 atom stereocenters. The minimum atomic E-state index is -3.81. The molecule has 2 aromatic carbocycles. The molecule has 0 bridgehead atoms. The molecule has 31 heavy (non-hydrogen) atoms. The summed E-state index contributed by atoms with van der Waals surface area (Å²) in [4.78, 5) is 24.6. The van der Waals surface area contributed by atoms with E-state index in [1.54, 1.807) is 24.3 Å². The molecule has 9 heteroatoms. The third-order valence-electron chi connectivity index (χ3n) is 5.10. The van der Waals surface area contributed by atoms with Crippen molar-refractivity contribution in [3.05, 3.63) is 64.7 Å². The smallest absolute Gasteiger partial charge is 0.324 e. The topological polar surface area (TPSA) is 92.8 Å². The van der Waals surface area contributed by atoms with Crippen molar-refractivity contribution in [3.8, 4) is 0 Å². The molecule has 166 valence electrons. The number of rotatable bonds is 8. The van der Waals surface area contributed by atoms with Gasteiger partial charge in [0.1, 0.15) is 6.04 Å². The maximum Gasteiger partial charge on any atom is 0.324 e. The molecule has 1 heterocycles. The van der Waals surface area contributed by atoms with Crippen LogP contribution in [0.4, 0.5) is 0 Å². The van der Waals surface area contributed by atoms with E-state index < -0.39 is 34.5 Å². The lowest BCUT2D eigenvalue weighted by Crippen LogP contribution is -2.42. The summed E-state index contributed by atoms with van der Waals surface area (Å²) in [5.74, 6) is -1.14. The van der Waals surface area contributed by atoms with Gasteiger partial charge in [0.15, 0.2) is 6.61 Å². The average molecular weight is 465 g/mol. The van der Waals surface area contributed by atoms with Crippen LogP contribution in [0, 0.1) is 6.92 Å². The molecule has 1 saturated heterocycles. The zero-order valence-corrected chi connectivity index (χ0v) is 18.8. The van der Waals surface area contributed by atoms with Gasteiger partial charge in [-0.15, -0.1) is 0 Å². The van der Waals surface area contributed by atoms with E-state index in [2.05, 4.69) is 5.32 Å². The van der Waals surface area contributed by atoms with Crippen LogP contribution in [0.25, 0.3) is 0 Å². The summed E-state index contributed by atoms with van der Waals surface area (Å²) >= 11 is 5.84. The molecule has 1 N–H and O–H groups in total. The maximum atomic E-state index is 12.9. The Labute approximate surface area is 187 Å². The predicted octanol–water partition coefficient (Wildman–Crippen LogP) is 2.70. The van der Waals surface area contributed by atoms with Crippen molar-refractivity contribution in [1.29, 1.82) is 0 Å². The molecule has 1 amide bonds. The Hall–Kier alpha value is -2.42. The number of nitrogens with zero attached hydrogens (tertiary/aromatic N) is 1. The van der Waals surface area contributed by atoms with Gasteiger partial charge < -0.3 is 10.1 Å². The fraction of sp³-hybridized carbons (Fsp3) is 0.364. The second kappa shape index (κ2) is 10.3. The summed E-state index contributed by atoms with van der Waals surface area (Å²) in [6.07, 6.45) is 1.53. The van der Waals surface area contributed by atoms with Crippen molar-refractivity contribution >= 4 is 33.5 Å². The molecular formula is C22H25ClN2O5S. The van der Waals surface area contributed by atoms with Gasteiger partial charge in [-0.1, -0.05) is 41.4 Å². The third-order valence-corrected chi connectivity index (χ3v) is 7.27. The van der Waals surface area contributed by atoms with Crippen LogP contribution in [-0.4, -0.2) is 50.3 Å². The van der Waals surface area contributed by atoms with E-state index in [9.17, 15) is 18.0 Å². The Morgan fingerprint density at radius 3 is 2.48 bits per heavy atom. The second-order valence-electron chi connectivity index (χ2n) is 7.42.